The summed E-state index contributed by atoms with van der Waals surface area (Å²) >= 11 is 0. The van der Waals surface area contributed by atoms with Gasteiger partial charge in [0.25, 0.3) is 0 Å². The standard InChI is InChI=1S/C9H10N6O/c10-2-1-7-13-8(14-16-7)6-5-15-4-3-11-9(15)12-6/h3-5H,1-2,10H2,(H,11,12). The molecule has 0 amide bonds. The lowest BCUT2D eigenvalue weighted by Crippen LogP contribution is -2.02. The maximum atomic E-state index is 5.40. The molecule has 0 saturated heterocycles. The number of hydrogen-bond acceptors (Lipinski definition) is 5. The van der Waals surface area contributed by atoms with Crippen molar-refractivity contribution in [2.75, 3.05) is 6.54 Å². The Morgan fingerprint density at radius 1 is 1.50 bits per heavy atom. The zero-order valence-electron chi connectivity index (χ0n) is 8.42. The minimum atomic E-state index is 0.496. The van der Waals surface area contributed by atoms with Gasteiger partial charge in [-0.25, -0.2) is 4.98 Å². The molecule has 0 aliphatic heterocycles. The zero-order valence-corrected chi connectivity index (χ0v) is 8.42. The van der Waals surface area contributed by atoms with Gasteiger partial charge < -0.3 is 15.2 Å². The molecule has 0 radical (unpaired) electrons. The van der Waals surface area contributed by atoms with Crippen molar-refractivity contribution < 1.29 is 4.52 Å². The predicted octanol–water partition coefficient (Wildman–Crippen LogP) is 0.214. The molecule has 3 aromatic rings. The van der Waals surface area contributed by atoms with Crippen LogP contribution in [0.1, 0.15) is 5.89 Å². The van der Waals surface area contributed by atoms with E-state index in [1.807, 2.05) is 16.8 Å². The molecule has 7 heteroatoms. The number of nitrogens with two attached hydrogens (primary N) is 1. The molecule has 16 heavy (non-hydrogen) atoms. The van der Waals surface area contributed by atoms with Gasteiger partial charge in [-0.3, -0.25) is 4.40 Å². The van der Waals surface area contributed by atoms with Crippen LogP contribution in [0.2, 0.25) is 0 Å². The second-order valence-corrected chi connectivity index (χ2v) is 3.38. The highest BCUT2D eigenvalue weighted by Crippen LogP contribution is 2.15. The molecule has 0 aromatic carbocycles. The van der Waals surface area contributed by atoms with Crippen molar-refractivity contribution in [3.8, 4) is 11.5 Å². The van der Waals surface area contributed by atoms with E-state index < -0.39 is 0 Å². The van der Waals surface area contributed by atoms with Crippen LogP contribution in [0.4, 0.5) is 0 Å². The highest BCUT2D eigenvalue weighted by molar-refractivity contribution is 5.52. The van der Waals surface area contributed by atoms with Gasteiger partial charge in [-0.2, -0.15) is 4.98 Å². The molecular formula is C9H10N6O. The summed E-state index contributed by atoms with van der Waals surface area (Å²) in [5.74, 6) is 1.82. The largest absolute Gasteiger partial charge is 0.339 e. The summed E-state index contributed by atoms with van der Waals surface area (Å²) in [6, 6.07) is 0. The van der Waals surface area contributed by atoms with E-state index >= 15 is 0 Å². The fourth-order valence-electron chi connectivity index (χ4n) is 1.51. The molecule has 0 spiro atoms. The number of nitrogens with one attached hydrogen (secondary N) is 1. The summed E-state index contributed by atoms with van der Waals surface area (Å²) < 4.78 is 6.90. The molecule has 0 saturated carbocycles. The number of fused-ring (bicyclic) bond motifs is 1. The van der Waals surface area contributed by atoms with Crippen LogP contribution in [0.25, 0.3) is 17.3 Å². The van der Waals surface area contributed by atoms with E-state index in [2.05, 4.69) is 20.1 Å². The van der Waals surface area contributed by atoms with Crippen LogP contribution in [0.3, 0.4) is 0 Å². The van der Waals surface area contributed by atoms with Crippen molar-refractivity contribution in [2.24, 2.45) is 5.73 Å². The van der Waals surface area contributed by atoms with E-state index in [1.165, 1.54) is 0 Å². The number of imidazole rings is 2. The van der Waals surface area contributed by atoms with E-state index in [0.29, 0.717) is 24.7 Å². The van der Waals surface area contributed by atoms with Gasteiger partial charge in [0, 0.05) is 31.6 Å². The van der Waals surface area contributed by atoms with E-state index in [4.69, 9.17) is 10.3 Å². The summed E-state index contributed by atoms with van der Waals surface area (Å²) in [5.41, 5.74) is 6.18. The molecule has 3 aromatic heterocycles. The third-order valence-electron chi connectivity index (χ3n) is 2.25. The van der Waals surface area contributed by atoms with Gasteiger partial charge in [0.2, 0.25) is 17.5 Å². The fraction of sp³-hybridized carbons (Fsp3) is 0.222. The lowest BCUT2D eigenvalue weighted by molar-refractivity contribution is 0.380. The third-order valence-corrected chi connectivity index (χ3v) is 2.25. The number of aromatic amines is 1. The lowest BCUT2D eigenvalue weighted by Gasteiger charge is -1.85. The van der Waals surface area contributed by atoms with Gasteiger partial charge in [-0.15, -0.1) is 0 Å². The van der Waals surface area contributed by atoms with Gasteiger partial charge in [0.05, 0.1) is 0 Å². The SMILES string of the molecule is NCCc1nc(-c2cn3ccnc3[nH]2)no1. The van der Waals surface area contributed by atoms with Crippen LogP contribution in [0.5, 0.6) is 0 Å². The molecule has 0 fully saturated rings. The average Bonchev–Trinajstić information content (AvgIpc) is 2.88. The Morgan fingerprint density at radius 3 is 3.25 bits per heavy atom. The molecule has 82 valence electrons. The van der Waals surface area contributed by atoms with Crippen molar-refractivity contribution in [3.05, 3.63) is 24.5 Å². The number of rotatable bonds is 3. The monoisotopic (exact) mass is 218 g/mol. The van der Waals surface area contributed by atoms with E-state index in [1.54, 1.807) is 6.20 Å². The molecule has 3 N–H and O–H groups in total. The molecule has 0 unspecified atom stereocenters. The van der Waals surface area contributed by atoms with E-state index in [0.717, 1.165) is 11.5 Å². The first kappa shape index (κ1) is 9.10. The normalized spacial score (nSPS) is 11.3. The molecule has 0 aliphatic rings. The van der Waals surface area contributed by atoms with Gasteiger partial charge in [0.15, 0.2) is 0 Å². The van der Waals surface area contributed by atoms with Crippen LogP contribution in [0, 0.1) is 0 Å². The van der Waals surface area contributed by atoms with Crippen LogP contribution < -0.4 is 5.73 Å². The van der Waals surface area contributed by atoms with Gasteiger partial charge in [0.1, 0.15) is 5.69 Å². The van der Waals surface area contributed by atoms with Crippen molar-refractivity contribution in [3.63, 3.8) is 0 Å². The predicted molar refractivity (Wildman–Crippen MR) is 55.6 cm³/mol. The Balaban J connectivity index is 1.98. The Labute approximate surface area is 90.3 Å². The van der Waals surface area contributed by atoms with Crippen molar-refractivity contribution in [1.82, 2.24) is 24.5 Å². The Kier molecular flexibility index (Phi) is 1.97. The first-order valence-corrected chi connectivity index (χ1v) is 4.91. The summed E-state index contributed by atoms with van der Waals surface area (Å²) in [7, 11) is 0. The van der Waals surface area contributed by atoms with Crippen LogP contribution in [0.15, 0.2) is 23.1 Å². The Hall–Kier alpha value is -2.15. The molecule has 3 rings (SSSR count). The fourth-order valence-corrected chi connectivity index (χ4v) is 1.51. The maximum Gasteiger partial charge on any atom is 0.228 e. The molecular weight excluding hydrogens is 208 g/mol. The molecule has 0 atom stereocenters. The lowest BCUT2D eigenvalue weighted by atomic mass is 10.4. The van der Waals surface area contributed by atoms with Crippen LogP contribution in [-0.2, 0) is 6.42 Å². The Morgan fingerprint density at radius 2 is 2.44 bits per heavy atom. The molecule has 7 nitrogen and oxygen atoms in total. The minimum absolute atomic E-state index is 0.496. The second-order valence-electron chi connectivity index (χ2n) is 3.38. The third kappa shape index (κ3) is 1.38. The first-order chi connectivity index (χ1) is 7.86. The highest BCUT2D eigenvalue weighted by atomic mass is 16.5. The summed E-state index contributed by atoms with van der Waals surface area (Å²) in [5, 5.41) is 3.87. The van der Waals surface area contributed by atoms with E-state index in [9.17, 15) is 0 Å². The Bertz CT molecular complexity index is 578. The molecule has 0 aliphatic carbocycles. The maximum absolute atomic E-state index is 5.40. The highest BCUT2D eigenvalue weighted by Gasteiger charge is 2.10. The van der Waals surface area contributed by atoms with E-state index in [-0.39, 0.29) is 0 Å². The zero-order chi connectivity index (χ0) is 11.0. The van der Waals surface area contributed by atoms with Gasteiger partial charge in [-0.1, -0.05) is 5.16 Å². The number of nitrogens with zero attached hydrogens (tertiary/aromatic N) is 4. The summed E-state index contributed by atoms with van der Waals surface area (Å²) in [4.78, 5) is 11.4. The van der Waals surface area contributed by atoms with Crippen molar-refractivity contribution >= 4 is 5.78 Å². The molecule has 3 heterocycles. The quantitative estimate of drug-likeness (QED) is 0.655. The average molecular weight is 218 g/mol. The second kappa shape index (κ2) is 3.46. The van der Waals surface area contributed by atoms with Crippen molar-refractivity contribution in [1.29, 1.82) is 0 Å². The van der Waals surface area contributed by atoms with Crippen LogP contribution >= 0.6 is 0 Å². The first-order valence-electron chi connectivity index (χ1n) is 4.91. The summed E-state index contributed by atoms with van der Waals surface area (Å²) in [6.07, 6.45) is 6.01. The van der Waals surface area contributed by atoms with Crippen LogP contribution in [-0.4, -0.2) is 31.1 Å². The minimum Gasteiger partial charge on any atom is -0.339 e. The number of aromatic nitrogens is 5. The summed E-state index contributed by atoms with van der Waals surface area (Å²) in [6.45, 7) is 0.496. The number of hydrogen-bond donors (Lipinski definition) is 2. The smallest absolute Gasteiger partial charge is 0.228 e. The van der Waals surface area contributed by atoms with Gasteiger partial charge >= 0.3 is 0 Å². The molecule has 0 bridgehead atoms. The van der Waals surface area contributed by atoms with Gasteiger partial charge in [-0.05, 0) is 0 Å². The van der Waals surface area contributed by atoms with Crippen molar-refractivity contribution in [2.45, 2.75) is 6.42 Å². The topological polar surface area (TPSA) is 98.0 Å². The number of H-pyrrole nitrogens is 1.